The van der Waals surface area contributed by atoms with Crippen LogP contribution in [-0.4, -0.2) is 71.0 Å². The molecule has 0 spiro atoms. The average Bonchev–Trinajstić information content (AvgIpc) is 2.94. The highest BCUT2D eigenvalue weighted by Crippen LogP contribution is 2.22. The molecule has 2 saturated heterocycles. The molecule has 5 rings (SSSR count). The standard InChI is InChI=1S/C31H35FN4O2/c32-28-7-1-4-25(20-28)9-10-31(37)36-14-11-29(12-15-36)38-30-8-2-5-26(21-30)23-34-16-18-35(19-17-34)24-27-6-3-13-33-22-27/h1-10,13,20-22,29H,11-12,14-19,23-24H2/b10-9+. The van der Waals surface area contributed by atoms with Crippen molar-refractivity contribution in [3.8, 4) is 5.75 Å². The molecular formula is C31H35FN4O2. The number of likely N-dealkylation sites (tertiary alicyclic amines) is 1. The number of hydrogen-bond acceptors (Lipinski definition) is 5. The molecule has 0 bridgehead atoms. The Bertz CT molecular complexity index is 1220. The minimum absolute atomic E-state index is 0.0461. The van der Waals surface area contributed by atoms with E-state index in [4.69, 9.17) is 4.74 Å². The van der Waals surface area contributed by atoms with Gasteiger partial charge in [-0.3, -0.25) is 19.6 Å². The molecule has 1 aromatic heterocycles. The topological polar surface area (TPSA) is 48.9 Å². The number of carbonyl (C=O) groups is 1. The number of piperidine rings is 1. The zero-order valence-corrected chi connectivity index (χ0v) is 21.7. The predicted octanol–water partition coefficient (Wildman–Crippen LogP) is 4.62. The number of pyridine rings is 1. The third-order valence-corrected chi connectivity index (χ3v) is 7.22. The summed E-state index contributed by atoms with van der Waals surface area (Å²) in [5.41, 5.74) is 3.21. The summed E-state index contributed by atoms with van der Waals surface area (Å²) in [4.78, 5) is 23.6. The number of rotatable bonds is 8. The number of nitrogens with zero attached hydrogens (tertiary/aromatic N) is 4. The highest BCUT2D eigenvalue weighted by Gasteiger charge is 2.23. The van der Waals surface area contributed by atoms with Crippen LogP contribution in [0.4, 0.5) is 4.39 Å². The van der Waals surface area contributed by atoms with Gasteiger partial charge in [-0.05, 0) is 53.1 Å². The van der Waals surface area contributed by atoms with Crippen LogP contribution in [-0.2, 0) is 17.9 Å². The summed E-state index contributed by atoms with van der Waals surface area (Å²) in [6.45, 7) is 7.39. The zero-order chi connectivity index (χ0) is 26.2. The van der Waals surface area contributed by atoms with Crippen LogP contribution in [0.2, 0.25) is 0 Å². The molecule has 0 aliphatic carbocycles. The Labute approximate surface area is 224 Å². The summed E-state index contributed by atoms with van der Waals surface area (Å²) >= 11 is 0. The first-order valence-electron chi connectivity index (χ1n) is 13.4. The van der Waals surface area contributed by atoms with E-state index in [1.54, 1.807) is 18.2 Å². The molecule has 0 atom stereocenters. The van der Waals surface area contributed by atoms with Crippen LogP contribution in [0.5, 0.6) is 5.75 Å². The first-order valence-corrected chi connectivity index (χ1v) is 13.4. The number of hydrogen-bond donors (Lipinski definition) is 0. The summed E-state index contributed by atoms with van der Waals surface area (Å²) in [5.74, 6) is 0.546. The molecule has 3 aromatic rings. The van der Waals surface area contributed by atoms with Gasteiger partial charge in [0.2, 0.25) is 5.91 Å². The summed E-state index contributed by atoms with van der Waals surface area (Å²) in [5, 5.41) is 0. The second kappa shape index (κ2) is 12.8. The van der Waals surface area contributed by atoms with Gasteiger partial charge in [-0.2, -0.15) is 0 Å². The molecule has 2 fully saturated rings. The van der Waals surface area contributed by atoms with E-state index in [-0.39, 0.29) is 17.8 Å². The van der Waals surface area contributed by atoms with E-state index in [2.05, 4.69) is 39.0 Å². The van der Waals surface area contributed by atoms with Crippen LogP contribution >= 0.6 is 0 Å². The number of benzene rings is 2. The Morgan fingerprint density at radius 1 is 0.895 bits per heavy atom. The molecule has 0 unspecified atom stereocenters. The maximum Gasteiger partial charge on any atom is 0.246 e. The number of ether oxygens (including phenoxy) is 1. The fourth-order valence-electron chi connectivity index (χ4n) is 5.10. The molecule has 0 saturated carbocycles. The molecule has 2 aromatic carbocycles. The van der Waals surface area contributed by atoms with Crippen molar-refractivity contribution in [3.63, 3.8) is 0 Å². The van der Waals surface area contributed by atoms with Gasteiger partial charge in [0, 0.05) is 83.7 Å². The largest absolute Gasteiger partial charge is 0.490 e. The predicted molar refractivity (Wildman–Crippen MR) is 147 cm³/mol. The molecule has 2 aliphatic heterocycles. The van der Waals surface area contributed by atoms with Gasteiger partial charge in [-0.25, -0.2) is 4.39 Å². The van der Waals surface area contributed by atoms with Gasteiger partial charge in [-0.15, -0.1) is 0 Å². The van der Waals surface area contributed by atoms with E-state index in [9.17, 15) is 9.18 Å². The van der Waals surface area contributed by atoms with Gasteiger partial charge in [0.15, 0.2) is 0 Å². The van der Waals surface area contributed by atoms with E-state index < -0.39 is 0 Å². The van der Waals surface area contributed by atoms with Gasteiger partial charge in [0.05, 0.1) is 0 Å². The summed E-state index contributed by atoms with van der Waals surface area (Å²) < 4.78 is 19.7. The van der Waals surface area contributed by atoms with Crippen LogP contribution in [0.3, 0.4) is 0 Å². The van der Waals surface area contributed by atoms with E-state index in [0.29, 0.717) is 18.7 Å². The Kier molecular flexibility index (Phi) is 8.78. The quantitative estimate of drug-likeness (QED) is 0.411. The van der Waals surface area contributed by atoms with Crippen molar-refractivity contribution in [1.29, 1.82) is 0 Å². The fraction of sp³-hybridized carbons (Fsp3) is 0.355. The zero-order valence-electron chi connectivity index (χ0n) is 21.7. The molecule has 38 heavy (non-hydrogen) atoms. The van der Waals surface area contributed by atoms with Crippen LogP contribution in [0.25, 0.3) is 6.08 Å². The number of amides is 1. The smallest absolute Gasteiger partial charge is 0.246 e. The first kappa shape index (κ1) is 26.1. The van der Waals surface area contributed by atoms with Crippen molar-refractivity contribution in [2.24, 2.45) is 0 Å². The minimum Gasteiger partial charge on any atom is -0.490 e. The molecule has 3 heterocycles. The number of aromatic nitrogens is 1. The highest BCUT2D eigenvalue weighted by atomic mass is 19.1. The molecule has 0 N–H and O–H groups in total. The second-order valence-electron chi connectivity index (χ2n) is 10.1. The van der Waals surface area contributed by atoms with Crippen LogP contribution in [0.1, 0.15) is 29.5 Å². The fourth-order valence-corrected chi connectivity index (χ4v) is 5.10. The molecular weight excluding hydrogens is 479 g/mol. The van der Waals surface area contributed by atoms with Gasteiger partial charge in [0.1, 0.15) is 17.7 Å². The van der Waals surface area contributed by atoms with Gasteiger partial charge < -0.3 is 9.64 Å². The molecule has 198 valence electrons. The summed E-state index contributed by atoms with van der Waals surface area (Å²) in [7, 11) is 0. The van der Waals surface area contributed by atoms with Gasteiger partial charge >= 0.3 is 0 Å². The van der Waals surface area contributed by atoms with E-state index in [0.717, 1.165) is 57.9 Å². The number of halogens is 1. The summed E-state index contributed by atoms with van der Waals surface area (Å²) in [6.07, 6.45) is 8.65. The Morgan fingerprint density at radius 3 is 2.32 bits per heavy atom. The lowest BCUT2D eigenvalue weighted by molar-refractivity contribution is -0.127. The third-order valence-electron chi connectivity index (χ3n) is 7.22. The summed E-state index contributed by atoms with van der Waals surface area (Å²) in [6, 6.07) is 18.8. The maximum atomic E-state index is 13.3. The molecule has 7 heteroatoms. The molecule has 0 radical (unpaired) electrons. The van der Waals surface area contributed by atoms with Crippen LogP contribution in [0.15, 0.2) is 79.1 Å². The Morgan fingerprint density at radius 2 is 1.61 bits per heavy atom. The van der Waals surface area contributed by atoms with Crippen molar-refractivity contribution >= 4 is 12.0 Å². The average molecular weight is 515 g/mol. The van der Waals surface area contributed by atoms with Crippen molar-refractivity contribution in [2.75, 3.05) is 39.3 Å². The SMILES string of the molecule is O=C(/C=C/c1cccc(F)c1)N1CCC(Oc2cccc(CN3CCN(Cc4cccnc4)CC3)c2)CC1. The van der Waals surface area contributed by atoms with Crippen molar-refractivity contribution in [1.82, 2.24) is 19.7 Å². The lowest BCUT2D eigenvalue weighted by Gasteiger charge is -2.34. The third kappa shape index (κ3) is 7.49. The van der Waals surface area contributed by atoms with Crippen LogP contribution < -0.4 is 4.74 Å². The maximum absolute atomic E-state index is 13.3. The molecule has 6 nitrogen and oxygen atoms in total. The van der Waals surface area contributed by atoms with Gasteiger partial charge in [0.25, 0.3) is 0 Å². The molecule has 1 amide bonds. The van der Waals surface area contributed by atoms with E-state index in [1.165, 1.54) is 29.3 Å². The monoisotopic (exact) mass is 514 g/mol. The Balaban J connectivity index is 1.05. The van der Waals surface area contributed by atoms with Crippen LogP contribution in [0, 0.1) is 5.82 Å². The normalized spacial score (nSPS) is 17.7. The van der Waals surface area contributed by atoms with Crippen molar-refractivity contribution in [3.05, 3.63) is 102 Å². The van der Waals surface area contributed by atoms with Crippen molar-refractivity contribution in [2.45, 2.75) is 32.0 Å². The second-order valence-corrected chi connectivity index (χ2v) is 10.1. The lowest BCUT2D eigenvalue weighted by Crippen LogP contribution is -2.45. The highest BCUT2D eigenvalue weighted by molar-refractivity contribution is 5.91. The van der Waals surface area contributed by atoms with Gasteiger partial charge in [-0.1, -0.05) is 30.3 Å². The van der Waals surface area contributed by atoms with E-state index in [1.807, 2.05) is 29.4 Å². The number of carbonyl (C=O) groups excluding carboxylic acids is 1. The lowest BCUT2D eigenvalue weighted by atomic mass is 10.1. The first-order chi connectivity index (χ1) is 18.6. The Hall–Kier alpha value is -3.55. The van der Waals surface area contributed by atoms with E-state index >= 15 is 0 Å². The van der Waals surface area contributed by atoms with Crippen molar-refractivity contribution < 1.29 is 13.9 Å². The molecule has 2 aliphatic rings. The number of piperazine rings is 1. The minimum atomic E-state index is -0.305.